The normalized spacial score (nSPS) is 13.5. The molecule has 1 aromatic rings. The number of para-hydroxylation sites is 1. The van der Waals surface area contributed by atoms with E-state index in [0.29, 0.717) is 0 Å². The number of aromatic hydroxyl groups is 1. The van der Waals surface area contributed by atoms with Crippen LogP contribution in [0, 0.1) is 5.41 Å². The topological polar surface area (TPSA) is 57.5 Å². The zero-order valence-corrected chi connectivity index (χ0v) is 8.57. The monoisotopic (exact) mass is 212 g/mol. The standard InChI is InChI=1S/C11H13FO3/c1-11(2,10(14)15)9(12)7-5-3-4-6-8(7)13/h3-6,9,13H,1-2H3,(H,14,15). The number of aliphatic carboxylic acids is 1. The molecule has 15 heavy (non-hydrogen) atoms. The van der Waals surface area contributed by atoms with Gasteiger partial charge in [-0.3, -0.25) is 4.79 Å². The summed E-state index contributed by atoms with van der Waals surface area (Å²) in [6.45, 7) is 2.57. The minimum Gasteiger partial charge on any atom is -0.508 e. The van der Waals surface area contributed by atoms with Gasteiger partial charge < -0.3 is 10.2 Å². The van der Waals surface area contributed by atoms with Crippen LogP contribution in [0.1, 0.15) is 25.6 Å². The van der Waals surface area contributed by atoms with E-state index in [1.807, 2.05) is 0 Å². The van der Waals surface area contributed by atoms with Gasteiger partial charge in [0.25, 0.3) is 0 Å². The molecule has 0 amide bonds. The molecule has 1 unspecified atom stereocenters. The van der Waals surface area contributed by atoms with E-state index < -0.39 is 17.6 Å². The number of hydrogen-bond donors (Lipinski definition) is 2. The van der Waals surface area contributed by atoms with E-state index >= 15 is 0 Å². The molecule has 0 aliphatic heterocycles. The van der Waals surface area contributed by atoms with E-state index in [2.05, 4.69) is 0 Å². The first-order valence-corrected chi connectivity index (χ1v) is 4.52. The number of hydrogen-bond acceptors (Lipinski definition) is 2. The number of rotatable bonds is 3. The molecular weight excluding hydrogens is 199 g/mol. The van der Waals surface area contributed by atoms with Crippen molar-refractivity contribution in [1.29, 1.82) is 0 Å². The van der Waals surface area contributed by atoms with Crippen LogP contribution in [0.25, 0.3) is 0 Å². The molecule has 0 fully saturated rings. The molecule has 82 valence electrons. The highest BCUT2D eigenvalue weighted by molar-refractivity contribution is 5.75. The number of halogens is 1. The molecule has 0 spiro atoms. The molecular formula is C11H13FO3. The SMILES string of the molecule is CC(C)(C(=O)O)C(F)c1ccccc1O. The van der Waals surface area contributed by atoms with Crippen molar-refractivity contribution in [1.82, 2.24) is 0 Å². The molecule has 1 aromatic carbocycles. The average molecular weight is 212 g/mol. The highest BCUT2D eigenvalue weighted by Gasteiger charge is 2.39. The first-order chi connectivity index (χ1) is 6.87. The van der Waals surface area contributed by atoms with Crippen molar-refractivity contribution in [2.75, 3.05) is 0 Å². The Labute approximate surface area is 87.2 Å². The largest absolute Gasteiger partial charge is 0.508 e. The maximum atomic E-state index is 13.9. The molecule has 2 N–H and O–H groups in total. The summed E-state index contributed by atoms with van der Waals surface area (Å²) < 4.78 is 13.9. The smallest absolute Gasteiger partial charge is 0.312 e. The van der Waals surface area contributed by atoms with Crippen LogP contribution in [0.15, 0.2) is 24.3 Å². The summed E-state index contributed by atoms with van der Waals surface area (Å²) in [6, 6.07) is 5.82. The van der Waals surface area contributed by atoms with Crippen molar-refractivity contribution in [3.63, 3.8) is 0 Å². The summed E-state index contributed by atoms with van der Waals surface area (Å²) >= 11 is 0. The fourth-order valence-corrected chi connectivity index (χ4v) is 1.20. The lowest BCUT2D eigenvalue weighted by molar-refractivity contribution is -0.150. The predicted octanol–water partition coefficient (Wildman–Crippen LogP) is 2.51. The summed E-state index contributed by atoms with van der Waals surface area (Å²) in [5, 5.41) is 18.2. The third kappa shape index (κ3) is 2.09. The van der Waals surface area contributed by atoms with E-state index in [0.717, 1.165) is 0 Å². The van der Waals surface area contributed by atoms with Crippen LogP contribution in [0.5, 0.6) is 5.75 Å². The summed E-state index contributed by atoms with van der Waals surface area (Å²) in [7, 11) is 0. The molecule has 4 heteroatoms. The van der Waals surface area contributed by atoms with Gasteiger partial charge in [0.2, 0.25) is 0 Å². The highest BCUT2D eigenvalue weighted by Crippen LogP contribution is 2.40. The Hall–Kier alpha value is -1.58. The summed E-state index contributed by atoms with van der Waals surface area (Å²) in [4.78, 5) is 10.8. The molecule has 0 saturated heterocycles. The number of carboxylic acids is 1. The van der Waals surface area contributed by atoms with Gasteiger partial charge in [-0.2, -0.15) is 0 Å². The Balaban J connectivity index is 3.10. The number of carbonyl (C=O) groups is 1. The summed E-state index contributed by atoms with van der Waals surface area (Å²) in [6.07, 6.45) is -1.74. The van der Waals surface area contributed by atoms with Crippen molar-refractivity contribution in [3.05, 3.63) is 29.8 Å². The van der Waals surface area contributed by atoms with Gasteiger partial charge in [-0.05, 0) is 19.9 Å². The Bertz CT molecular complexity index is 374. The molecule has 0 heterocycles. The molecule has 0 aromatic heterocycles. The van der Waals surface area contributed by atoms with E-state index in [1.165, 1.54) is 26.0 Å². The molecule has 0 aliphatic rings. The summed E-state index contributed by atoms with van der Waals surface area (Å²) in [5.41, 5.74) is -1.55. The second kappa shape index (κ2) is 3.88. The number of alkyl halides is 1. The molecule has 1 rings (SSSR count). The van der Waals surface area contributed by atoms with Crippen molar-refractivity contribution in [2.24, 2.45) is 5.41 Å². The lowest BCUT2D eigenvalue weighted by Crippen LogP contribution is -2.29. The number of phenolic OH excluding ortho intramolecular Hbond substituents is 1. The zero-order valence-electron chi connectivity index (χ0n) is 8.57. The van der Waals surface area contributed by atoms with Gasteiger partial charge in [-0.1, -0.05) is 18.2 Å². The molecule has 3 nitrogen and oxygen atoms in total. The Morgan fingerprint density at radius 2 is 1.93 bits per heavy atom. The Kier molecular flexibility index (Phi) is 2.98. The Morgan fingerprint density at radius 3 is 2.40 bits per heavy atom. The van der Waals surface area contributed by atoms with Crippen molar-refractivity contribution in [3.8, 4) is 5.75 Å². The van der Waals surface area contributed by atoms with Gasteiger partial charge in [0.1, 0.15) is 11.9 Å². The number of carboxylic acid groups (broad SMARTS) is 1. The van der Waals surface area contributed by atoms with Gasteiger partial charge in [0, 0.05) is 5.56 Å². The zero-order chi connectivity index (χ0) is 11.6. The first-order valence-electron chi connectivity index (χ1n) is 4.52. The lowest BCUT2D eigenvalue weighted by Gasteiger charge is -2.24. The van der Waals surface area contributed by atoms with Crippen LogP contribution < -0.4 is 0 Å². The number of phenols is 1. The van der Waals surface area contributed by atoms with Gasteiger partial charge in [-0.25, -0.2) is 4.39 Å². The maximum Gasteiger partial charge on any atom is 0.312 e. The van der Waals surface area contributed by atoms with Gasteiger partial charge in [0.15, 0.2) is 0 Å². The third-order valence-corrected chi connectivity index (χ3v) is 2.39. The fourth-order valence-electron chi connectivity index (χ4n) is 1.20. The molecule has 1 atom stereocenters. The van der Waals surface area contributed by atoms with E-state index in [9.17, 15) is 14.3 Å². The van der Waals surface area contributed by atoms with Crippen LogP contribution in [0.3, 0.4) is 0 Å². The minimum atomic E-state index is -1.74. The summed E-state index contributed by atoms with van der Waals surface area (Å²) in [5.74, 6) is -1.46. The first kappa shape index (κ1) is 11.5. The van der Waals surface area contributed by atoms with Crippen LogP contribution >= 0.6 is 0 Å². The average Bonchev–Trinajstić information content (AvgIpc) is 2.17. The number of benzene rings is 1. The van der Waals surface area contributed by atoms with Crippen molar-refractivity contribution in [2.45, 2.75) is 20.0 Å². The highest BCUT2D eigenvalue weighted by atomic mass is 19.1. The third-order valence-electron chi connectivity index (χ3n) is 2.39. The molecule has 0 saturated carbocycles. The van der Waals surface area contributed by atoms with Gasteiger partial charge in [-0.15, -0.1) is 0 Å². The molecule has 0 aliphatic carbocycles. The van der Waals surface area contributed by atoms with Crippen LogP contribution in [-0.2, 0) is 4.79 Å². The van der Waals surface area contributed by atoms with Crippen molar-refractivity contribution < 1.29 is 19.4 Å². The van der Waals surface area contributed by atoms with E-state index in [4.69, 9.17) is 5.11 Å². The minimum absolute atomic E-state index is 0.00454. The predicted molar refractivity (Wildman–Crippen MR) is 53.4 cm³/mol. The molecule has 0 radical (unpaired) electrons. The van der Waals surface area contributed by atoms with E-state index in [1.54, 1.807) is 12.1 Å². The Morgan fingerprint density at radius 1 is 1.40 bits per heavy atom. The fraction of sp³-hybridized carbons (Fsp3) is 0.364. The molecule has 0 bridgehead atoms. The maximum absolute atomic E-state index is 13.9. The second-order valence-electron chi connectivity index (χ2n) is 3.95. The van der Waals surface area contributed by atoms with Crippen LogP contribution in [-0.4, -0.2) is 16.2 Å². The van der Waals surface area contributed by atoms with Crippen LogP contribution in [0.2, 0.25) is 0 Å². The van der Waals surface area contributed by atoms with E-state index in [-0.39, 0.29) is 11.3 Å². The quantitative estimate of drug-likeness (QED) is 0.809. The second-order valence-corrected chi connectivity index (χ2v) is 3.95. The van der Waals surface area contributed by atoms with Crippen molar-refractivity contribution >= 4 is 5.97 Å². The van der Waals surface area contributed by atoms with Gasteiger partial charge in [0.05, 0.1) is 5.41 Å². The lowest BCUT2D eigenvalue weighted by atomic mass is 9.83. The van der Waals surface area contributed by atoms with Gasteiger partial charge >= 0.3 is 5.97 Å². The van der Waals surface area contributed by atoms with Crippen LogP contribution in [0.4, 0.5) is 4.39 Å².